The summed E-state index contributed by atoms with van der Waals surface area (Å²) < 4.78 is 11.6. The van der Waals surface area contributed by atoms with Gasteiger partial charge in [-0.2, -0.15) is 0 Å². The molecule has 1 atom stereocenters. The standard InChI is InChI=1S/C34H31NO5/c1-21(2)28-20-24(15-18-29(28)39-4)32(36)30-31(35(34(38)33(30)37)25-16-13-22(3)14-17-25)23-9-8-12-27(19-23)40-26-10-6-5-7-11-26/h5-21,31,36H,1-4H3/b32-30+. The molecule has 0 aliphatic carbocycles. The van der Waals surface area contributed by atoms with Crippen molar-refractivity contribution in [3.63, 3.8) is 0 Å². The fourth-order valence-electron chi connectivity index (χ4n) is 4.98. The molecule has 1 N–H and O–H groups in total. The summed E-state index contributed by atoms with van der Waals surface area (Å²) in [4.78, 5) is 28.6. The molecular formula is C34H31NO5. The van der Waals surface area contributed by atoms with Crippen LogP contribution in [-0.4, -0.2) is 23.9 Å². The number of carbonyl (C=O) groups excluding carboxylic acids is 2. The number of ether oxygens (including phenoxy) is 2. The molecule has 1 amide bonds. The van der Waals surface area contributed by atoms with E-state index in [-0.39, 0.29) is 17.3 Å². The molecule has 4 aromatic carbocycles. The fourth-order valence-corrected chi connectivity index (χ4v) is 4.98. The van der Waals surface area contributed by atoms with E-state index in [1.807, 2.05) is 99.6 Å². The van der Waals surface area contributed by atoms with Crippen molar-refractivity contribution in [2.24, 2.45) is 0 Å². The summed E-state index contributed by atoms with van der Waals surface area (Å²) in [6.45, 7) is 6.00. The van der Waals surface area contributed by atoms with Crippen molar-refractivity contribution in [3.05, 3.63) is 125 Å². The highest BCUT2D eigenvalue weighted by Crippen LogP contribution is 2.43. The molecular weight excluding hydrogens is 502 g/mol. The Morgan fingerprint density at radius 3 is 2.23 bits per heavy atom. The molecule has 0 aromatic heterocycles. The maximum absolute atomic E-state index is 13.6. The number of hydrogen-bond acceptors (Lipinski definition) is 5. The van der Waals surface area contributed by atoms with Gasteiger partial charge in [-0.15, -0.1) is 0 Å². The van der Waals surface area contributed by atoms with Crippen LogP contribution in [-0.2, 0) is 9.59 Å². The van der Waals surface area contributed by atoms with Gasteiger partial charge < -0.3 is 14.6 Å². The van der Waals surface area contributed by atoms with Crippen LogP contribution in [0, 0.1) is 6.92 Å². The van der Waals surface area contributed by atoms with E-state index in [1.165, 1.54) is 4.90 Å². The van der Waals surface area contributed by atoms with Gasteiger partial charge in [0.05, 0.1) is 18.7 Å². The molecule has 0 bridgehead atoms. The number of carbonyl (C=O) groups is 2. The first-order chi connectivity index (χ1) is 19.3. The smallest absolute Gasteiger partial charge is 0.300 e. The first kappa shape index (κ1) is 26.8. The molecule has 5 rings (SSSR count). The second kappa shape index (κ2) is 11.1. The Labute approximate surface area is 234 Å². The molecule has 4 aromatic rings. The van der Waals surface area contributed by atoms with Gasteiger partial charge in [0.15, 0.2) is 0 Å². The second-order valence-electron chi connectivity index (χ2n) is 10.1. The maximum Gasteiger partial charge on any atom is 0.300 e. The average molecular weight is 534 g/mol. The maximum atomic E-state index is 13.6. The van der Waals surface area contributed by atoms with Gasteiger partial charge in [-0.1, -0.05) is 61.9 Å². The van der Waals surface area contributed by atoms with Gasteiger partial charge in [-0.25, -0.2) is 0 Å². The lowest BCUT2D eigenvalue weighted by Gasteiger charge is -2.26. The lowest BCUT2D eigenvalue weighted by molar-refractivity contribution is -0.132. The molecule has 1 fully saturated rings. The number of methoxy groups -OCH3 is 1. The van der Waals surface area contributed by atoms with E-state index >= 15 is 0 Å². The number of hydrogen-bond donors (Lipinski definition) is 1. The normalized spacial score (nSPS) is 16.4. The molecule has 1 heterocycles. The highest BCUT2D eigenvalue weighted by molar-refractivity contribution is 6.51. The van der Waals surface area contributed by atoms with Crippen LogP contribution < -0.4 is 14.4 Å². The van der Waals surface area contributed by atoms with Crippen LogP contribution in [0.15, 0.2) is 103 Å². The number of amides is 1. The van der Waals surface area contributed by atoms with Gasteiger partial charge in [-0.05, 0) is 78.6 Å². The molecule has 6 heteroatoms. The van der Waals surface area contributed by atoms with Crippen molar-refractivity contribution in [3.8, 4) is 17.2 Å². The van der Waals surface area contributed by atoms with Crippen LogP contribution in [0.2, 0.25) is 0 Å². The van der Waals surface area contributed by atoms with Crippen molar-refractivity contribution in [2.75, 3.05) is 12.0 Å². The summed E-state index contributed by atoms with van der Waals surface area (Å²) in [5.74, 6) is 0.310. The summed E-state index contributed by atoms with van der Waals surface area (Å²) in [5.41, 5.74) is 3.55. The summed E-state index contributed by atoms with van der Waals surface area (Å²) in [6.07, 6.45) is 0. The van der Waals surface area contributed by atoms with Crippen LogP contribution in [0.4, 0.5) is 5.69 Å². The largest absolute Gasteiger partial charge is 0.507 e. The SMILES string of the molecule is COc1ccc(/C(O)=C2\C(=O)C(=O)N(c3ccc(C)cc3)C2c2cccc(Oc3ccccc3)c2)cc1C(C)C. The summed E-state index contributed by atoms with van der Waals surface area (Å²) >= 11 is 0. The van der Waals surface area contributed by atoms with E-state index < -0.39 is 17.7 Å². The molecule has 0 radical (unpaired) electrons. The van der Waals surface area contributed by atoms with Gasteiger partial charge in [0.2, 0.25) is 0 Å². The Bertz CT molecular complexity index is 1590. The highest BCUT2D eigenvalue weighted by atomic mass is 16.5. The molecule has 0 spiro atoms. The fraction of sp³-hybridized carbons (Fsp3) is 0.176. The molecule has 0 saturated carbocycles. The van der Waals surface area contributed by atoms with Crippen molar-refractivity contribution >= 4 is 23.1 Å². The summed E-state index contributed by atoms with van der Waals surface area (Å²) in [7, 11) is 1.60. The van der Waals surface area contributed by atoms with E-state index in [2.05, 4.69) is 0 Å². The molecule has 1 aliphatic heterocycles. The third kappa shape index (κ3) is 5.08. The van der Waals surface area contributed by atoms with Crippen molar-refractivity contribution in [2.45, 2.75) is 32.7 Å². The third-order valence-electron chi connectivity index (χ3n) is 7.03. The van der Waals surface area contributed by atoms with E-state index in [0.29, 0.717) is 34.1 Å². The average Bonchev–Trinajstić information content (AvgIpc) is 3.23. The van der Waals surface area contributed by atoms with Gasteiger partial charge in [0, 0.05) is 11.3 Å². The Morgan fingerprint density at radius 1 is 0.850 bits per heavy atom. The predicted octanol–water partition coefficient (Wildman–Crippen LogP) is 7.55. The Kier molecular flexibility index (Phi) is 7.43. The van der Waals surface area contributed by atoms with E-state index in [0.717, 1.165) is 11.1 Å². The van der Waals surface area contributed by atoms with E-state index in [4.69, 9.17) is 9.47 Å². The number of Topliss-reactive ketones (excluding diaryl/α,β-unsaturated/α-hetero) is 1. The molecule has 1 saturated heterocycles. The number of nitrogens with zero attached hydrogens (tertiary/aromatic N) is 1. The molecule has 6 nitrogen and oxygen atoms in total. The number of aryl methyl sites for hydroxylation is 1. The number of anilines is 1. The first-order valence-corrected chi connectivity index (χ1v) is 13.2. The van der Waals surface area contributed by atoms with Gasteiger partial charge in [0.1, 0.15) is 23.0 Å². The first-order valence-electron chi connectivity index (χ1n) is 13.2. The zero-order chi connectivity index (χ0) is 28.4. The Morgan fingerprint density at radius 2 is 1.55 bits per heavy atom. The Balaban J connectivity index is 1.68. The lowest BCUT2D eigenvalue weighted by Crippen LogP contribution is -2.29. The molecule has 1 unspecified atom stereocenters. The van der Waals surface area contributed by atoms with Crippen molar-refractivity contribution < 1.29 is 24.2 Å². The monoisotopic (exact) mass is 533 g/mol. The van der Waals surface area contributed by atoms with Crippen molar-refractivity contribution in [1.82, 2.24) is 0 Å². The van der Waals surface area contributed by atoms with Crippen LogP contribution >= 0.6 is 0 Å². The number of aliphatic hydroxyl groups is 1. The zero-order valence-electron chi connectivity index (χ0n) is 22.9. The highest BCUT2D eigenvalue weighted by Gasteiger charge is 2.47. The molecule has 1 aliphatic rings. The number of para-hydroxylation sites is 1. The van der Waals surface area contributed by atoms with Crippen LogP contribution in [0.3, 0.4) is 0 Å². The predicted molar refractivity (Wildman–Crippen MR) is 156 cm³/mol. The number of benzene rings is 4. The number of rotatable bonds is 7. The number of aliphatic hydroxyl groups excluding tert-OH is 1. The second-order valence-corrected chi connectivity index (χ2v) is 10.1. The minimum absolute atomic E-state index is 0.0160. The van der Waals surface area contributed by atoms with E-state index in [9.17, 15) is 14.7 Å². The topological polar surface area (TPSA) is 76.1 Å². The molecule has 202 valence electrons. The Hall–Kier alpha value is -4.84. The molecule has 40 heavy (non-hydrogen) atoms. The summed E-state index contributed by atoms with van der Waals surface area (Å²) in [5, 5.41) is 11.6. The lowest BCUT2D eigenvalue weighted by atomic mass is 9.93. The van der Waals surface area contributed by atoms with Crippen molar-refractivity contribution in [1.29, 1.82) is 0 Å². The van der Waals surface area contributed by atoms with Crippen LogP contribution in [0.1, 0.15) is 48.1 Å². The summed E-state index contributed by atoms with van der Waals surface area (Å²) in [6, 6.07) is 28.4. The van der Waals surface area contributed by atoms with E-state index in [1.54, 1.807) is 25.3 Å². The van der Waals surface area contributed by atoms with Gasteiger partial charge in [0.25, 0.3) is 11.7 Å². The van der Waals surface area contributed by atoms with Crippen LogP contribution in [0.5, 0.6) is 17.2 Å². The van der Waals surface area contributed by atoms with Crippen LogP contribution in [0.25, 0.3) is 5.76 Å². The minimum Gasteiger partial charge on any atom is -0.507 e. The minimum atomic E-state index is -0.869. The third-order valence-corrected chi connectivity index (χ3v) is 7.03. The quantitative estimate of drug-likeness (QED) is 0.151. The van der Waals surface area contributed by atoms with Gasteiger partial charge in [-0.3, -0.25) is 14.5 Å². The van der Waals surface area contributed by atoms with Gasteiger partial charge >= 0.3 is 0 Å². The number of ketones is 1. The zero-order valence-corrected chi connectivity index (χ0v) is 22.9.